The summed E-state index contributed by atoms with van der Waals surface area (Å²) in [7, 11) is 0. The third-order valence-electron chi connectivity index (χ3n) is 4.04. The molecule has 4 heteroatoms. The van der Waals surface area contributed by atoms with Gasteiger partial charge in [-0.15, -0.1) is 0 Å². The lowest BCUT2D eigenvalue weighted by Gasteiger charge is -2.34. The minimum absolute atomic E-state index is 0.313. The second kappa shape index (κ2) is 4.01. The largest absolute Gasteiger partial charge is 0.379 e. The van der Waals surface area contributed by atoms with Gasteiger partial charge in [-0.25, -0.2) is 0 Å². The van der Waals surface area contributed by atoms with E-state index in [2.05, 4.69) is 4.90 Å². The van der Waals surface area contributed by atoms with Crippen LogP contribution in [0.3, 0.4) is 0 Å². The number of aliphatic hydroxyl groups is 1. The Morgan fingerprint density at radius 3 is 2.73 bits per heavy atom. The summed E-state index contributed by atoms with van der Waals surface area (Å²) in [5, 5.41) is 9.49. The highest BCUT2D eigenvalue weighted by Crippen LogP contribution is 2.41. The van der Waals surface area contributed by atoms with Crippen molar-refractivity contribution in [3.63, 3.8) is 0 Å². The maximum Gasteiger partial charge on any atom is 0.155 e. The van der Waals surface area contributed by atoms with E-state index in [1.54, 1.807) is 0 Å². The van der Waals surface area contributed by atoms with Gasteiger partial charge >= 0.3 is 0 Å². The highest BCUT2D eigenvalue weighted by Gasteiger charge is 2.46. The maximum absolute atomic E-state index is 9.49. The van der Waals surface area contributed by atoms with Crippen molar-refractivity contribution in [1.82, 2.24) is 4.90 Å². The SMILES string of the molecule is OC1C[C@H]2[C@H](N3CCOCC3)CC[C@H]2O1. The molecule has 1 N–H and O–H groups in total. The molecule has 4 atom stereocenters. The molecule has 0 radical (unpaired) electrons. The average Bonchev–Trinajstić information content (AvgIpc) is 2.77. The molecule has 0 bridgehead atoms. The second-order valence-electron chi connectivity index (χ2n) is 4.82. The number of hydrogen-bond acceptors (Lipinski definition) is 4. The third kappa shape index (κ3) is 1.80. The Morgan fingerprint density at radius 1 is 1.13 bits per heavy atom. The summed E-state index contributed by atoms with van der Waals surface area (Å²) >= 11 is 0. The van der Waals surface area contributed by atoms with Crippen LogP contribution in [0, 0.1) is 5.92 Å². The molecule has 0 aromatic carbocycles. The molecule has 1 saturated carbocycles. The van der Waals surface area contributed by atoms with Gasteiger partial charge in [0.15, 0.2) is 6.29 Å². The molecule has 86 valence electrons. The van der Waals surface area contributed by atoms with Crippen molar-refractivity contribution in [3.05, 3.63) is 0 Å². The van der Waals surface area contributed by atoms with Crippen LogP contribution in [-0.2, 0) is 9.47 Å². The minimum Gasteiger partial charge on any atom is -0.379 e. The number of rotatable bonds is 1. The number of hydrogen-bond donors (Lipinski definition) is 1. The average molecular weight is 213 g/mol. The van der Waals surface area contributed by atoms with Gasteiger partial charge in [-0.1, -0.05) is 0 Å². The van der Waals surface area contributed by atoms with Crippen LogP contribution in [0.25, 0.3) is 0 Å². The Morgan fingerprint density at radius 2 is 1.93 bits per heavy atom. The highest BCUT2D eigenvalue weighted by atomic mass is 16.6. The van der Waals surface area contributed by atoms with Crippen LogP contribution < -0.4 is 0 Å². The molecule has 4 nitrogen and oxygen atoms in total. The zero-order valence-electron chi connectivity index (χ0n) is 8.97. The van der Waals surface area contributed by atoms with E-state index < -0.39 is 6.29 Å². The maximum atomic E-state index is 9.49. The molecule has 3 aliphatic rings. The standard InChI is InChI=1S/C11H19NO3/c13-11-7-8-9(1-2-10(8)15-11)12-3-5-14-6-4-12/h8-11,13H,1-7H2/t8-,9+,10+,11?/m0/s1. The van der Waals surface area contributed by atoms with Crippen molar-refractivity contribution in [2.24, 2.45) is 5.92 Å². The Bertz CT molecular complexity index is 230. The lowest BCUT2D eigenvalue weighted by Crippen LogP contribution is -2.45. The minimum atomic E-state index is -0.510. The zero-order valence-corrected chi connectivity index (χ0v) is 8.97. The van der Waals surface area contributed by atoms with E-state index in [0.29, 0.717) is 18.1 Å². The monoisotopic (exact) mass is 213 g/mol. The number of ether oxygens (including phenoxy) is 2. The number of fused-ring (bicyclic) bond motifs is 1. The fraction of sp³-hybridized carbons (Fsp3) is 1.00. The Labute approximate surface area is 90.2 Å². The molecule has 3 fully saturated rings. The molecule has 3 rings (SSSR count). The summed E-state index contributed by atoms with van der Waals surface area (Å²) < 4.78 is 10.9. The summed E-state index contributed by atoms with van der Waals surface area (Å²) in [5.74, 6) is 0.554. The molecular weight excluding hydrogens is 194 g/mol. The van der Waals surface area contributed by atoms with Gasteiger partial charge < -0.3 is 14.6 Å². The van der Waals surface area contributed by atoms with Crippen LogP contribution in [-0.4, -0.2) is 54.7 Å². The van der Waals surface area contributed by atoms with Crippen LogP contribution in [0.15, 0.2) is 0 Å². The lowest BCUT2D eigenvalue weighted by molar-refractivity contribution is -0.0906. The lowest BCUT2D eigenvalue weighted by atomic mass is 9.98. The van der Waals surface area contributed by atoms with Crippen molar-refractivity contribution < 1.29 is 14.6 Å². The molecule has 1 aliphatic carbocycles. The molecule has 1 unspecified atom stereocenters. The summed E-state index contributed by atoms with van der Waals surface area (Å²) in [4.78, 5) is 2.52. The van der Waals surface area contributed by atoms with Crippen molar-refractivity contribution in [2.75, 3.05) is 26.3 Å². The van der Waals surface area contributed by atoms with Crippen molar-refractivity contribution >= 4 is 0 Å². The molecule has 0 aromatic rings. The molecule has 2 heterocycles. The van der Waals surface area contributed by atoms with Crippen molar-refractivity contribution in [1.29, 1.82) is 0 Å². The van der Waals surface area contributed by atoms with Crippen molar-refractivity contribution in [3.8, 4) is 0 Å². The number of nitrogens with zero attached hydrogens (tertiary/aromatic N) is 1. The smallest absolute Gasteiger partial charge is 0.155 e. The van der Waals surface area contributed by atoms with Gasteiger partial charge in [-0.05, 0) is 12.8 Å². The van der Waals surface area contributed by atoms with Gasteiger partial charge in [-0.2, -0.15) is 0 Å². The van der Waals surface area contributed by atoms with Gasteiger partial charge in [0.05, 0.1) is 19.3 Å². The van der Waals surface area contributed by atoms with E-state index in [1.807, 2.05) is 0 Å². The summed E-state index contributed by atoms with van der Waals surface area (Å²) in [6.07, 6.45) is 2.97. The van der Waals surface area contributed by atoms with Crippen LogP contribution in [0.1, 0.15) is 19.3 Å². The quantitative estimate of drug-likeness (QED) is 0.676. The predicted molar refractivity (Wildman–Crippen MR) is 54.4 cm³/mol. The number of morpholine rings is 1. The normalized spacial score (nSPS) is 47.0. The molecule has 15 heavy (non-hydrogen) atoms. The van der Waals surface area contributed by atoms with E-state index >= 15 is 0 Å². The Hall–Kier alpha value is -0.160. The van der Waals surface area contributed by atoms with E-state index in [0.717, 1.165) is 39.1 Å². The van der Waals surface area contributed by atoms with Gasteiger partial charge in [0.25, 0.3) is 0 Å². The molecule has 0 amide bonds. The predicted octanol–water partition coefficient (Wildman–Crippen LogP) is 0.204. The fourth-order valence-corrected chi connectivity index (χ4v) is 3.34. The van der Waals surface area contributed by atoms with Crippen LogP contribution in [0.4, 0.5) is 0 Å². The summed E-state index contributed by atoms with van der Waals surface area (Å²) in [6.45, 7) is 3.81. The van der Waals surface area contributed by atoms with Crippen LogP contribution in [0.2, 0.25) is 0 Å². The van der Waals surface area contributed by atoms with E-state index in [-0.39, 0.29) is 0 Å². The van der Waals surface area contributed by atoms with Gasteiger partial charge in [0, 0.05) is 31.5 Å². The molecule has 0 spiro atoms. The van der Waals surface area contributed by atoms with Gasteiger partial charge in [0.1, 0.15) is 0 Å². The first-order chi connectivity index (χ1) is 7.34. The zero-order chi connectivity index (χ0) is 10.3. The summed E-state index contributed by atoms with van der Waals surface area (Å²) in [5.41, 5.74) is 0. The Kier molecular flexibility index (Phi) is 2.68. The molecule has 2 saturated heterocycles. The third-order valence-corrected chi connectivity index (χ3v) is 4.04. The van der Waals surface area contributed by atoms with Crippen LogP contribution in [0.5, 0.6) is 0 Å². The number of aliphatic hydroxyl groups excluding tert-OH is 1. The van der Waals surface area contributed by atoms with E-state index in [4.69, 9.17) is 9.47 Å². The molecule has 0 aromatic heterocycles. The summed E-state index contributed by atoms with van der Waals surface area (Å²) in [6, 6.07) is 0.621. The fourth-order valence-electron chi connectivity index (χ4n) is 3.34. The topological polar surface area (TPSA) is 41.9 Å². The highest BCUT2D eigenvalue weighted by molar-refractivity contribution is 4.95. The molecule has 2 aliphatic heterocycles. The van der Waals surface area contributed by atoms with Gasteiger partial charge in [0.2, 0.25) is 0 Å². The Balaban J connectivity index is 1.66. The molecular formula is C11H19NO3. The van der Waals surface area contributed by atoms with E-state index in [1.165, 1.54) is 6.42 Å². The van der Waals surface area contributed by atoms with Crippen LogP contribution >= 0.6 is 0 Å². The van der Waals surface area contributed by atoms with Crippen molar-refractivity contribution in [2.45, 2.75) is 37.7 Å². The second-order valence-corrected chi connectivity index (χ2v) is 4.82. The first-order valence-electron chi connectivity index (χ1n) is 6.00. The first kappa shape index (κ1) is 10.0. The van der Waals surface area contributed by atoms with Gasteiger partial charge in [-0.3, -0.25) is 4.90 Å². The van der Waals surface area contributed by atoms with E-state index in [9.17, 15) is 5.11 Å². The first-order valence-corrected chi connectivity index (χ1v) is 6.00.